The Morgan fingerprint density at radius 2 is 1.97 bits per heavy atom. The van der Waals surface area contributed by atoms with Crippen LogP contribution in [0, 0.1) is 17.8 Å². The fourth-order valence-corrected chi connectivity index (χ4v) is 6.17. The molecule has 7 atom stereocenters. The van der Waals surface area contributed by atoms with E-state index >= 15 is 0 Å². The van der Waals surface area contributed by atoms with E-state index in [0.29, 0.717) is 25.8 Å². The van der Waals surface area contributed by atoms with Crippen LogP contribution < -0.4 is 10.6 Å². The third kappa shape index (κ3) is 3.46. The number of unbranched alkanes of at least 4 members (excludes halogenated alkanes) is 1. The Morgan fingerprint density at radius 1 is 1.26 bits per heavy atom. The highest BCUT2D eigenvalue weighted by Crippen LogP contribution is 2.64. The van der Waals surface area contributed by atoms with Gasteiger partial charge >= 0.3 is 0 Å². The second kappa shape index (κ2) is 9.06. The van der Waals surface area contributed by atoms with Gasteiger partial charge in [0.25, 0.3) is 0 Å². The standard InChI is InChI=1S/C23H39N3O5/c1-6-9-12-25-20(29)18-23-11-10-22(8-3,31-23)16(19(28)24-5)17(23)21(30)26(18)15(13-27)14(4)7-2/h14-18,27H,6-13H2,1-5H3,(H,24,28)(H,25,29)/t14-,15-,16-,17-,18?,22+,23?/m0/s1. The molecule has 0 radical (unpaired) electrons. The highest BCUT2D eigenvalue weighted by Gasteiger charge is 2.79. The molecule has 3 saturated heterocycles. The average Bonchev–Trinajstić information content (AvgIpc) is 3.38. The van der Waals surface area contributed by atoms with Crippen molar-refractivity contribution in [1.29, 1.82) is 0 Å². The Labute approximate surface area is 185 Å². The van der Waals surface area contributed by atoms with Gasteiger partial charge in [0.15, 0.2) is 0 Å². The third-order valence-electron chi connectivity index (χ3n) is 8.07. The molecule has 3 aliphatic rings. The van der Waals surface area contributed by atoms with Crippen LogP contribution in [0.25, 0.3) is 0 Å². The number of aliphatic hydroxyl groups excluding tert-OH is 1. The molecular formula is C23H39N3O5. The van der Waals surface area contributed by atoms with Gasteiger partial charge in [-0.3, -0.25) is 14.4 Å². The minimum Gasteiger partial charge on any atom is -0.394 e. The van der Waals surface area contributed by atoms with Gasteiger partial charge in [0, 0.05) is 13.6 Å². The molecule has 0 aromatic rings. The quantitative estimate of drug-likeness (QED) is 0.445. The normalized spacial score (nSPS) is 35.7. The summed E-state index contributed by atoms with van der Waals surface area (Å²) < 4.78 is 6.64. The first kappa shape index (κ1) is 24.0. The summed E-state index contributed by atoms with van der Waals surface area (Å²) in [4.78, 5) is 41.9. The van der Waals surface area contributed by atoms with Crippen molar-refractivity contribution in [2.24, 2.45) is 17.8 Å². The van der Waals surface area contributed by atoms with Gasteiger partial charge in [-0.1, -0.05) is 40.5 Å². The van der Waals surface area contributed by atoms with Crippen molar-refractivity contribution in [2.75, 3.05) is 20.2 Å². The van der Waals surface area contributed by atoms with Gasteiger partial charge in [-0.2, -0.15) is 0 Å². The fraction of sp³-hybridized carbons (Fsp3) is 0.870. The number of ether oxygens (including phenoxy) is 1. The summed E-state index contributed by atoms with van der Waals surface area (Å²) in [6, 6.07) is -1.33. The molecule has 31 heavy (non-hydrogen) atoms. The van der Waals surface area contributed by atoms with Crippen molar-refractivity contribution in [3.8, 4) is 0 Å². The zero-order chi connectivity index (χ0) is 23.0. The van der Waals surface area contributed by atoms with E-state index in [9.17, 15) is 19.5 Å². The molecule has 1 spiro atoms. The summed E-state index contributed by atoms with van der Waals surface area (Å²) in [6.45, 7) is 8.31. The predicted octanol–water partition coefficient (Wildman–Crippen LogP) is 1.21. The van der Waals surface area contributed by atoms with Crippen LogP contribution in [0.5, 0.6) is 0 Å². The second-order valence-corrected chi connectivity index (χ2v) is 9.47. The number of hydrogen-bond donors (Lipinski definition) is 3. The number of nitrogens with zero attached hydrogens (tertiary/aromatic N) is 1. The molecule has 0 aliphatic carbocycles. The van der Waals surface area contributed by atoms with Crippen LogP contribution in [0.1, 0.15) is 66.2 Å². The van der Waals surface area contributed by atoms with Gasteiger partial charge in [-0.25, -0.2) is 0 Å². The van der Waals surface area contributed by atoms with E-state index in [1.165, 1.54) is 0 Å². The van der Waals surface area contributed by atoms with E-state index in [1.807, 2.05) is 20.8 Å². The number of fused-ring (bicyclic) bond motifs is 1. The van der Waals surface area contributed by atoms with Crippen molar-refractivity contribution < 1.29 is 24.2 Å². The summed E-state index contributed by atoms with van der Waals surface area (Å²) in [7, 11) is 1.58. The predicted molar refractivity (Wildman–Crippen MR) is 116 cm³/mol. The lowest BCUT2D eigenvalue weighted by Crippen LogP contribution is -2.59. The van der Waals surface area contributed by atoms with Crippen molar-refractivity contribution >= 4 is 17.7 Å². The zero-order valence-corrected chi connectivity index (χ0v) is 19.6. The number of likely N-dealkylation sites (tertiary alicyclic amines) is 1. The monoisotopic (exact) mass is 437 g/mol. The van der Waals surface area contributed by atoms with E-state index in [-0.39, 0.29) is 30.2 Å². The maximum Gasteiger partial charge on any atom is 0.245 e. The summed E-state index contributed by atoms with van der Waals surface area (Å²) >= 11 is 0. The highest BCUT2D eigenvalue weighted by atomic mass is 16.5. The van der Waals surface area contributed by atoms with Gasteiger partial charge in [0.2, 0.25) is 17.7 Å². The topological polar surface area (TPSA) is 108 Å². The largest absolute Gasteiger partial charge is 0.394 e. The molecule has 3 N–H and O–H groups in total. The number of rotatable bonds is 10. The number of carbonyl (C=O) groups is 3. The SMILES string of the molecule is CCCCNC(=O)C1N([C@@H](CO)[C@@H](C)CC)C(=O)[C@@H]2[C@@H](C(=O)NC)[C@@]3(CC)CCC12O3. The number of amides is 3. The molecule has 2 bridgehead atoms. The van der Waals surface area contributed by atoms with Gasteiger partial charge in [-0.05, 0) is 31.6 Å². The van der Waals surface area contributed by atoms with E-state index in [1.54, 1.807) is 11.9 Å². The van der Waals surface area contributed by atoms with E-state index in [2.05, 4.69) is 17.6 Å². The zero-order valence-electron chi connectivity index (χ0n) is 19.6. The Kier molecular flexibility index (Phi) is 7.01. The van der Waals surface area contributed by atoms with Crippen molar-refractivity contribution in [3.05, 3.63) is 0 Å². The number of aliphatic hydroxyl groups is 1. The molecule has 176 valence electrons. The third-order valence-corrected chi connectivity index (χ3v) is 8.07. The van der Waals surface area contributed by atoms with Gasteiger partial charge in [0.1, 0.15) is 11.6 Å². The Balaban J connectivity index is 2.09. The second-order valence-electron chi connectivity index (χ2n) is 9.47. The van der Waals surface area contributed by atoms with Crippen LogP contribution in [-0.2, 0) is 19.1 Å². The van der Waals surface area contributed by atoms with Crippen LogP contribution in [0.2, 0.25) is 0 Å². The molecule has 3 heterocycles. The average molecular weight is 438 g/mol. The molecular weight excluding hydrogens is 398 g/mol. The fourth-order valence-electron chi connectivity index (χ4n) is 6.17. The van der Waals surface area contributed by atoms with Crippen LogP contribution in [0.15, 0.2) is 0 Å². The summed E-state index contributed by atoms with van der Waals surface area (Å²) in [5.74, 6) is -2.02. The summed E-state index contributed by atoms with van der Waals surface area (Å²) in [5, 5.41) is 15.9. The van der Waals surface area contributed by atoms with Gasteiger partial charge in [-0.15, -0.1) is 0 Å². The molecule has 2 unspecified atom stereocenters. The van der Waals surface area contributed by atoms with Crippen LogP contribution >= 0.6 is 0 Å². The van der Waals surface area contributed by atoms with Gasteiger partial charge < -0.3 is 25.4 Å². The van der Waals surface area contributed by atoms with Crippen LogP contribution in [0.3, 0.4) is 0 Å². The first-order valence-corrected chi connectivity index (χ1v) is 11.9. The first-order chi connectivity index (χ1) is 14.8. The summed E-state index contributed by atoms with van der Waals surface area (Å²) in [6.07, 6.45) is 4.36. The van der Waals surface area contributed by atoms with Crippen LogP contribution in [0.4, 0.5) is 0 Å². The van der Waals surface area contributed by atoms with E-state index in [0.717, 1.165) is 19.3 Å². The Hall–Kier alpha value is -1.67. The minimum absolute atomic E-state index is 0.00547. The molecule has 8 nitrogen and oxygen atoms in total. The smallest absolute Gasteiger partial charge is 0.245 e. The number of carbonyl (C=O) groups excluding carboxylic acids is 3. The molecule has 3 amide bonds. The highest BCUT2D eigenvalue weighted by molar-refractivity contribution is 5.99. The minimum atomic E-state index is -1.03. The lowest BCUT2D eigenvalue weighted by Gasteiger charge is -2.39. The summed E-state index contributed by atoms with van der Waals surface area (Å²) in [5.41, 5.74) is -1.75. The molecule has 0 aromatic heterocycles. The molecule has 3 fully saturated rings. The lowest BCUT2D eigenvalue weighted by molar-refractivity contribution is -0.152. The Bertz CT molecular complexity index is 715. The van der Waals surface area contributed by atoms with E-state index < -0.39 is 35.1 Å². The van der Waals surface area contributed by atoms with Crippen molar-refractivity contribution in [2.45, 2.75) is 89.5 Å². The number of nitrogens with one attached hydrogen (secondary N) is 2. The van der Waals surface area contributed by atoms with Crippen molar-refractivity contribution in [1.82, 2.24) is 15.5 Å². The molecule has 3 rings (SSSR count). The molecule has 0 aromatic carbocycles. The first-order valence-electron chi connectivity index (χ1n) is 11.9. The Morgan fingerprint density at radius 3 is 2.52 bits per heavy atom. The van der Waals surface area contributed by atoms with Crippen molar-refractivity contribution in [3.63, 3.8) is 0 Å². The molecule has 0 saturated carbocycles. The molecule has 8 heteroatoms. The maximum atomic E-state index is 13.9. The lowest BCUT2D eigenvalue weighted by atomic mass is 9.65. The van der Waals surface area contributed by atoms with E-state index in [4.69, 9.17) is 4.74 Å². The van der Waals surface area contributed by atoms with Crippen LogP contribution in [-0.4, -0.2) is 71.2 Å². The molecule has 3 aliphatic heterocycles. The van der Waals surface area contributed by atoms with Gasteiger partial charge in [0.05, 0.1) is 30.1 Å². The number of hydrogen-bond acceptors (Lipinski definition) is 5. The maximum absolute atomic E-state index is 13.9.